The van der Waals surface area contributed by atoms with Crippen LogP contribution in [0.1, 0.15) is 46.5 Å². The van der Waals surface area contributed by atoms with Gasteiger partial charge in [-0.3, -0.25) is 29.5 Å². The van der Waals surface area contributed by atoms with E-state index in [0.29, 0.717) is 12.5 Å². The van der Waals surface area contributed by atoms with Gasteiger partial charge in [0.1, 0.15) is 0 Å². The molecule has 1 heterocycles. The smallest absolute Gasteiger partial charge is 0.236 e. The van der Waals surface area contributed by atoms with Gasteiger partial charge in [-0.15, -0.1) is 0 Å². The van der Waals surface area contributed by atoms with Gasteiger partial charge in [-0.1, -0.05) is 27.2 Å². The Kier molecular flexibility index (Phi) is 10.6. The lowest BCUT2D eigenvalue weighted by molar-refractivity contribution is -0.139. The lowest BCUT2D eigenvalue weighted by atomic mass is 10.1. The van der Waals surface area contributed by atoms with Gasteiger partial charge in [-0.05, 0) is 5.92 Å². The highest BCUT2D eigenvalue weighted by Crippen LogP contribution is 2.18. The van der Waals surface area contributed by atoms with Crippen LogP contribution in [0, 0.1) is 11.8 Å². The summed E-state index contributed by atoms with van der Waals surface area (Å²) >= 11 is 0. The summed E-state index contributed by atoms with van der Waals surface area (Å²) in [5.74, 6) is -0.623. The minimum Gasteiger partial charge on any atom is -0.379 e. The molecule has 0 aromatic rings. The number of hydrogen-bond acceptors (Lipinski definition) is 6. The van der Waals surface area contributed by atoms with E-state index in [1.54, 1.807) is 6.92 Å². The minimum atomic E-state index is -0.295. The molecule has 0 saturated carbocycles. The van der Waals surface area contributed by atoms with Gasteiger partial charge in [0.25, 0.3) is 0 Å². The summed E-state index contributed by atoms with van der Waals surface area (Å²) in [6, 6.07) is 0. The molecule has 0 bridgehead atoms. The first-order valence-electron chi connectivity index (χ1n) is 9.55. The highest BCUT2D eigenvalue weighted by molar-refractivity contribution is 6.03. The summed E-state index contributed by atoms with van der Waals surface area (Å²) in [6.07, 6.45) is 1.57. The number of amides is 4. The van der Waals surface area contributed by atoms with Gasteiger partial charge in [-0.25, -0.2) is 5.43 Å². The molecular formula is C18H32N4O5. The Morgan fingerprint density at radius 3 is 2.59 bits per heavy atom. The van der Waals surface area contributed by atoms with Crippen molar-refractivity contribution >= 4 is 23.6 Å². The molecular weight excluding hydrogens is 352 g/mol. The van der Waals surface area contributed by atoms with E-state index < -0.39 is 0 Å². The molecule has 4 amide bonds. The largest absolute Gasteiger partial charge is 0.379 e. The molecule has 1 saturated heterocycles. The highest BCUT2D eigenvalue weighted by atomic mass is 16.5. The monoisotopic (exact) mass is 384 g/mol. The SMILES string of the molecule is CCC(C)CNNC(=O)CCOCCNC(=O)CCN1C(=O)CC(C)C1=O. The number of hydrazine groups is 1. The van der Waals surface area contributed by atoms with Crippen molar-refractivity contribution in [3.8, 4) is 0 Å². The van der Waals surface area contributed by atoms with E-state index in [1.807, 2.05) is 0 Å². The maximum Gasteiger partial charge on any atom is 0.236 e. The number of nitrogens with zero attached hydrogens (tertiary/aromatic N) is 1. The van der Waals surface area contributed by atoms with Crippen LogP contribution in [0.3, 0.4) is 0 Å². The van der Waals surface area contributed by atoms with E-state index in [9.17, 15) is 19.2 Å². The highest BCUT2D eigenvalue weighted by Gasteiger charge is 2.35. The van der Waals surface area contributed by atoms with Crippen molar-refractivity contribution in [2.75, 3.05) is 32.8 Å². The standard InChI is InChI=1S/C18H32N4O5/c1-4-13(2)12-20-21-16(24)6-9-27-10-7-19-15(23)5-8-22-17(25)11-14(3)18(22)26/h13-14,20H,4-12H2,1-3H3,(H,19,23)(H,21,24). The van der Waals surface area contributed by atoms with E-state index >= 15 is 0 Å². The van der Waals surface area contributed by atoms with E-state index in [4.69, 9.17) is 4.74 Å². The van der Waals surface area contributed by atoms with Gasteiger partial charge in [0, 0.05) is 38.4 Å². The third-order valence-electron chi connectivity index (χ3n) is 4.45. The molecule has 0 radical (unpaired) electrons. The summed E-state index contributed by atoms with van der Waals surface area (Å²) in [5.41, 5.74) is 5.50. The van der Waals surface area contributed by atoms with E-state index in [-0.39, 0.29) is 68.6 Å². The Bertz CT molecular complexity index is 526. The molecule has 9 nitrogen and oxygen atoms in total. The van der Waals surface area contributed by atoms with Crippen molar-refractivity contribution in [1.82, 2.24) is 21.1 Å². The van der Waals surface area contributed by atoms with E-state index in [2.05, 4.69) is 30.0 Å². The maximum absolute atomic E-state index is 11.7. The van der Waals surface area contributed by atoms with Crippen molar-refractivity contribution in [3.63, 3.8) is 0 Å². The van der Waals surface area contributed by atoms with Crippen molar-refractivity contribution in [2.24, 2.45) is 11.8 Å². The maximum atomic E-state index is 11.7. The molecule has 2 unspecified atom stereocenters. The second-order valence-corrected chi connectivity index (χ2v) is 6.89. The summed E-state index contributed by atoms with van der Waals surface area (Å²) in [5, 5.41) is 2.66. The zero-order valence-electron chi connectivity index (χ0n) is 16.5. The molecule has 2 atom stereocenters. The Balaban J connectivity index is 2.00. The number of carbonyl (C=O) groups is 4. The molecule has 154 valence electrons. The van der Waals surface area contributed by atoms with E-state index in [1.165, 1.54) is 0 Å². The first-order valence-corrected chi connectivity index (χ1v) is 9.55. The average molecular weight is 384 g/mol. The fourth-order valence-electron chi connectivity index (χ4n) is 2.45. The number of ether oxygens (including phenoxy) is 1. The molecule has 0 spiro atoms. The second kappa shape index (κ2) is 12.4. The molecule has 0 aliphatic carbocycles. The molecule has 27 heavy (non-hydrogen) atoms. The average Bonchev–Trinajstić information content (AvgIpc) is 2.87. The van der Waals surface area contributed by atoms with Crippen LogP contribution < -0.4 is 16.2 Å². The van der Waals surface area contributed by atoms with Crippen LogP contribution >= 0.6 is 0 Å². The van der Waals surface area contributed by atoms with Crippen LogP contribution in [-0.2, 0) is 23.9 Å². The third-order valence-corrected chi connectivity index (χ3v) is 4.45. The number of nitrogens with one attached hydrogen (secondary N) is 3. The molecule has 1 aliphatic rings. The van der Waals surface area contributed by atoms with Crippen LogP contribution in [0.25, 0.3) is 0 Å². The number of imide groups is 1. The summed E-state index contributed by atoms with van der Waals surface area (Å²) < 4.78 is 5.31. The number of likely N-dealkylation sites (tertiary alicyclic amines) is 1. The van der Waals surface area contributed by atoms with Crippen molar-refractivity contribution in [1.29, 1.82) is 0 Å². The predicted octanol–water partition coefficient (Wildman–Crippen LogP) is -0.0387. The summed E-state index contributed by atoms with van der Waals surface area (Å²) in [4.78, 5) is 47.8. The Morgan fingerprint density at radius 1 is 1.22 bits per heavy atom. The van der Waals surface area contributed by atoms with Crippen LogP contribution in [0.2, 0.25) is 0 Å². The van der Waals surface area contributed by atoms with Crippen LogP contribution in [0.5, 0.6) is 0 Å². The number of carbonyl (C=O) groups excluding carboxylic acids is 4. The first kappa shape index (κ1) is 23.0. The summed E-state index contributed by atoms with van der Waals surface area (Å²) in [6.45, 7) is 7.59. The fraction of sp³-hybridized carbons (Fsp3) is 0.778. The molecule has 3 N–H and O–H groups in total. The Hall–Kier alpha value is -2.00. The van der Waals surface area contributed by atoms with Gasteiger partial charge < -0.3 is 10.1 Å². The van der Waals surface area contributed by atoms with Crippen LogP contribution in [0.4, 0.5) is 0 Å². The van der Waals surface area contributed by atoms with Crippen molar-refractivity contribution < 1.29 is 23.9 Å². The summed E-state index contributed by atoms with van der Waals surface area (Å²) in [7, 11) is 0. The van der Waals surface area contributed by atoms with Gasteiger partial charge in [0.05, 0.1) is 19.6 Å². The van der Waals surface area contributed by atoms with Crippen molar-refractivity contribution in [3.05, 3.63) is 0 Å². The Morgan fingerprint density at radius 2 is 1.96 bits per heavy atom. The number of rotatable bonds is 13. The van der Waals surface area contributed by atoms with Gasteiger partial charge in [0.15, 0.2) is 0 Å². The van der Waals surface area contributed by atoms with Crippen LogP contribution in [0.15, 0.2) is 0 Å². The molecule has 9 heteroatoms. The third kappa shape index (κ3) is 8.96. The lowest BCUT2D eigenvalue weighted by Gasteiger charge is -2.14. The minimum absolute atomic E-state index is 0.0778. The molecule has 1 rings (SSSR count). The molecule has 0 aromatic heterocycles. The van der Waals surface area contributed by atoms with Gasteiger partial charge >= 0.3 is 0 Å². The zero-order valence-corrected chi connectivity index (χ0v) is 16.5. The van der Waals surface area contributed by atoms with E-state index in [0.717, 1.165) is 17.9 Å². The van der Waals surface area contributed by atoms with Crippen LogP contribution in [-0.4, -0.2) is 61.4 Å². The van der Waals surface area contributed by atoms with Gasteiger partial charge in [-0.2, -0.15) is 0 Å². The second-order valence-electron chi connectivity index (χ2n) is 6.89. The predicted molar refractivity (Wildman–Crippen MR) is 99.2 cm³/mol. The van der Waals surface area contributed by atoms with Gasteiger partial charge in [0.2, 0.25) is 23.6 Å². The lowest BCUT2D eigenvalue weighted by Crippen LogP contribution is -2.40. The fourth-order valence-corrected chi connectivity index (χ4v) is 2.45. The normalized spacial score (nSPS) is 17.9. The Labute approximate surface area is 160 Å². The zero-order chi connectivity index (χ0) is 20.2. The molecule has 1 fully saturated rings. The quantitative estimate of drug-likeness (QED) is 0.233. The topological polar surface area (TPSA) is 117 Å². The first-order chi connectivity index (χ1) is 12.8. The molecule has 1 aliphatic heterocycles. The molecule has 0 aromatic carbocycles. The number of hydrogen-bond donors (Lipinski definition) is 3. The van der Waals surface area contributed by atoms with Crippen molar-refractivity contribution in [2.45, 2.75) is 46.5 Å².